The molecular formula is C14H22N4O2. The lowest BCUT2D eigenvalue weighted by Crippen LogP contribution is -2.31. The third-order valence-corrected chi connectivity index (χ3v) is 3.41. The lowest BCUT2D eigenvalue weighted by atomic mass is 10.1. The van der Waals surface area contributed by atoms with Crippen LogP contribution in [0.4, 0.5) is 5.82 Å². The Kier molecular flexibility index (Phi) is 4.89. The van der Waals surface area contributed by atoms with Crippen LogP contribution >= 0.6 is 0 Å². The number of carbonyl (C=O) groups is 1. The maximum atomic E-state index is 12.3. The Morgan fingerprint density at radius 2 is 2.25 bits per heavy atom. The summed E-state index contributed by atoms with van der Waals surface area (Å²) in [6.07, 6.45) is 4.99. The molecule has 2 heterocycles. The van der Waals surface area contributed by atoms with Crippen molar-refractivity contribution in [1.29, 1.82) is 0 Å². The molecule has 1 unspecified atom stereocenters. The van der Waals surface area contributed by atoms with Crippen LogP contribution in [-0.2, 0) is 4.74 Å². The zero-order valence-corrected chi connectivity index (χ0v) is 12.1. The largest absolute Gasteiger partial charge is 0.382 e. The maximum absolute atomic E-state index is 12.3. The Morgan fingerprint density at radius 1 is 1.50 bits per heavy atom. The smallest absolute Gasteiger partial charge is 0.276 e. The summed E-state index contributed by atoms with van der Waals surface area (Å²) in [5, 5.41) is 0. The van der Waals surface area contributed by atoms with Crippen LogP contribution in [0.3, 0.4) is 0 Å². The van der Waals surface area contributed by atoms with Crippen LogP contribution in [0.5, 0.6) is 0 Å². The molecule has 0 spiro atoms. The summed E-state index contributed by atoms with van der Waals surface area (Å²) in [6.45, 7) is 6.38. The molecule has 1 fully saturated rings. The fourth-order valence-electron chi connectivity index (χ4n) is 2.18. The number of nitrogens with two attached hydrogens (primary N) is 1. The third kappa shape index (κ3) is 3.66. The molecule has 0 aromatic carbocycles. The van der Waals surface area contributed by atoms with Gasteiger partial charge in [-0.2, -0.15) is 0 Å². The molecule has 0 aliphatic carbocycles. The quantitative estimate of drug-likeness (QED) is 0.879. The van der Waals surface area contributed by atoms with E-state index in [9.17, 15) is 4.79 Å². The van der Waals surface area contributed by atoms with Crippen LogP contribution in [0.1, 0.15) is 37.2 Å². The molecule has 20 heavy (non-hydrogen) atoms. The van der Waals surface area contributed by atoms with Crippen LogP contribution < -0.4 is 5.73 Å². The molecule has 1 atom stereocenters. The average molecular weight is 278 g/mol. The second-order valence-electron chi connectivity index (χ2n) is 5.51. The van der Waals surface area contributed by atoms with Crippen LogP contribution in [0, 0.1) is 5.92 Å². The molecule has 0 radical (unpaired) electrons. The van der Waals surface area contributed by atoms with Gasteiger partial charge in [-0.25, -0.2) is 9.97 Å². The number of anilines is 1. The van der Waals surface area contributed by atoms with Gasteiger partial charge >= 0.3 is 0 Å². The van der Waals surface area contributed by atoms with Crippen molar-refractivity contribution in [2.75, 3.05) is 25.4 Å². The van der Waals surface area contributed by atoms with E-state index in [2.05, 4.69) is 23.8 Å². The van der Waals surface area contributed by atoms with Crippen molar-refractivity contribution < 1.29 is 9.53 Å². The molecule has 6 nitrogen and oxygen atoms in total. The van der Waals surface area contributed by atoms with Crippen molar-refractivity contribution in [3.63, 3.8) is 0 Å². The summed E-state index contributed by atoms with van der Waals surface area (Å²) in [6, 6.07) is 0. The van der Waals surface area contributed by atoms with Gasteiger partial charge in [0.05, 0.1) is 6.10 Å². The second kappa shape index (κ2) is 6.65. The summed E-state index contributed by atoms with van der Waals surface area (Å²) >= 11 is 0. The number of carbonyl (C=O) groups excluding carboxylic acids is 1. The molecule has 0 bridgehead atoms. The molecule has 1 aromatic heterocycles. The van der Waals surface area contributed by atoms with Gasteiger partial charge in [0, 0.05) is 32.1 Å². The minimum atomic E-state index is -0.162. The van der Waals surface area contributed by atoms with Gasteiger partial charge in [0.1, 0.15) is 0 Å². The number of nitrogens with zero attached hydrogens (tertiary/aromatic N) is 3. The van der Waals surface area contributed by atoms with Gasteiger partial charge in [0.2, 0.25) is 0 Å². The van der Waals surface area contributed by atoms with Crippen molar-refractivity contribution in [3.05, 3.63) is 18.1 Å². The Balaban J connectivity index is 1.86. The number of rotatable bonds is 5. The number of ether oxygens (including phenoxy) is 1. The molecule has 110 valence electrons. The second-order valence-corrected chi connectivity index (χ2v) is 5.51. The van der Waals surface area contributed by atoms with E-state index in [1.807, 2.05) is 0 Å². The highest BCUT2D eigenvalue weighted by Gasteiger charge is 2.29. The van der Waals surface area contributed by atoms with Gasteiger partial charge in [0.15, 0.2) is 11.5 Å². The molecule has 1 aliphatic heterocycles. The Hall–Kier alpha value is -1.69. The Bertz CT molecular complexity index is 464. The first-order valence-corrected chi connectivity index (χ1v) is 7.05. The molecule has 1 aromatic rings. The first-order valence-electron chi connectivity index (χ1n) is 7.05. The number of hydrogen-bond acceptors (Lipinski definition) is 5. The van der Waals surface area contributed by atoms with Gasteiger partial charge in [-0.05, 0) is 18.8 Å². The highest BCUT2D eigenvalue weighted by molar-refractivity contribution is 5.96. The Labute approximate surface area is 119 Å². The topological polar surface area (TPSA) is 81.3 Å². The van der Waals surface area contributed by atoms with Crippen molar-refractivity contribution in [1.82, 2.24) is 14.9 Å². The van der Waals surface area contributed by atoms with E-state index < -0.39 is 0 Å². The summed E-state index contributed by atoms with van der Waals surface area (Å²) in [5.41, 5.74) is 5.92. The lowest BCUT2D eigenvalue weighted by Gasteiger charge is -2.17. The van der Waals surface area contributed by atoms with Crippen molar-refractivity contribution in [2.24, 2.45) is 5.92 Å². The summed E-state index contributed by atoms with van der Waals surface area (Å²) in [7, 11) is 0. The van der Waals surface area contributed by atoms with Crippen LogP contribution in [0.25, 0.3) is 0 Å². The molecule has 0 saturated carbocycles. The number of aromatic nitrogens is 2. The maximum Gasteiger partial charge on any atom is 0.276 e. The minimum absolute atomic E-state index is 0.121. The minimum Gasteiger partial charge on any atom is -0.382 e. The van der Waals surface area contributed by atoms with Gasteiger partial charge < -0.3 is 15.4 Å². The molecule has 1 saturated heterocycles. The van der Waals surface area contributed by atoms with Gasteiger partial charge in [-0.1, -0.05) is 13.8 Å². The number of likely N-dealkylation sites (tertiary alicyclic amines) is 1. The summed E-state index contributed by atoms with van der Waals surface area (Å²) in [4.78, 5) is 21.9. The third-order valence-electron chi connectivity index (χ3n) is 3.41. The van der Waals surface area contributed by atoms with Crippen LogP contribution in [0.2, 0.25) is 0 Å². The first-order chi connectivity index (χ1) is 9.58. The van der Waals surface area contributed by atoms with Gasteiger partial charge in [-0.3, -0.25) is 4.79 Å². The highest BCUT2D eigenvalue weighted by Crippen LogP contribution is 2.17. The molecule has 1 aliphatic rings. The number of hydrogen-bond donors (Lipinski definition) is 1. The van der Waals surface area contributed by atoms with E-state index in [0.717, 1.165) is 19.4 Å². The molecule has 2 rings (SSSR count). The summed E-state index contributed by atoms with van der Waals surface area (Å²) < 4.78 is 5.80. The molecule has 1 amide bonds. The monoisotopic (exact) mass is 278 g/mol. The van der Waals surface area contributed by atoms with Crippen molar-refractivity contribution >= 4 is 11.7 Å². The average Bonchev–Trinajstić information content (AvgIpc) is 2.87. The molecular weight excluding hydrogens is 256 g/mol. The fraction of sp³-hybridized carbons (Fsp3) is 0.643. The normalized spacial score (nSPS) is 18.8. The van der Waals surface area contributed by atoms with E-state index in [4.69, 9.17) is 10.5 Å². The zero-order chi connectivity index (χ0) is 14.5. The van der Waals surface area contributed by atoms with E-state index in [0.29, 0.717) is 19.0 Å². The highest BCUT2D eigenvalue weighted by atomic mass is 16.5. The van der Waals surface area contributed by atoms with Crippen molar-refractivity contribution in [2.45, 2.75) is 32.8 Å². The first kappa shape index (κ1) is 14.7. The predicted molar refractivity (Wildman–Crippen MR) is 76.2 cm³/mol. The lowest BCUT2D eigenvalue weighted by molar-refractivity contribution is 0.0482. The Morgan fingerprint density at radius 3 is 2.95 bits per heavy atom. The van der Waals surface area contributed by atoms with Crippen LogP contribution in [-0.4, -0.2) is 46.6 Å². The fourth-order valence-corrected chi connectivity index (χ4v) is 2.18. The van der Waals surface area contributed by atoms with Gasteiger partial charge in [0.25, 0.3) is 5.91 Å². The predicted octanol–water partition coefficient (Wildman–Crippen LogP) is 1.34. The van der Waals surface area contributed by atoms with E-state index >= 15 is 0 Å². The van der Waals surface area contributed by atoms with Crippen molar-refractivity contribution in [3.8, 4) is 0 Å². The summed E-state index contributed by atoms with van der Waals surface area (Å²) in [5.74, 6) is 0.653. The number of amides is 1. The van der Waals surface area contributed by atoms with E-state index in [-0.39, 0.29) is 23.5 Å². The molecule has 2 N–H and O–H groups in total. The number of nitrogen functional groups attached to an aromatic ring is 1. The van der Waals surface area contributed by atoms with Gasteiger partial charge in [-0.15, -0.1) is 0 Å². The van der Waals surface area contributed by atoms with E-state index in [1.54, 1.807) is 4.90 Å². The standard InChI is InChI=1S/C14H22N4O2/c1-10(2)4-8-20-11-3-7-18(9-11)14(19)12-13(15)17-6-5-16-12/h5-6,10-11H,3-4,7-9H2,1-2H3,(H2,15,17). The SMILES string of the molecule is CC(C)CCOC1CCN(C(=O)c2nccnc2N)C1. The van der Waals surface area contributed by atoms with E-state index in [1.165, 1.54) is 12.4 Å². The molecule has 6 heteroatoms. The zero-order valence-electron chi connectivity index (χ0n) is 12.1. The van der Waals surface area contributed by atoms with Crippen LogP contribution in [0.15, 0.2) is 12.4 Å².